The molecule has 0 atom stereocenters. The van der Waals surface area contributed by atoms with Crippen LogP contribution in [0.3, 0.4) is 0 Å². The largest absolute Gasteiger partial charge is 0.484 e. The molecule has 2 amide bonds. The fourth-order valence-corrected chi connectivity index (χ4v) is 1.97. The maximum absolute atomic E-state index is 13.0. The number of benzene rings is 2. The molecule has 0 radical (unpaired) electrons. The summed E-state index contributed by atoms with van der Waals surface area (Å²) in [6.07, 6.45) is 0.545. The van der Waals surface area contributed by atoms with E-state index in [1.54, 1.807) is 36.4 Å². The molecule has 0 aromatic heterocycles. The average Bonchev–Trinajstić information content (AvgIpc) is 2.53. The van der Waals surface area contributed by atoms with Gasteiger partial charge in [-0.05, 0) is 48.4 Å². The summed E-state index contributed by atoms with van der Waals surface area (Å²) in [7, 11) is 0. The zero-order chi connectivity index (χ0) is 16.7. The number of hydrogen-bond acceptors (Lipinski definition) is 3. The first-order valence-electron chi connectivity index (χ1n) is 7.08. The smallest absolute Gasteiger partial charge is 0.255 e. The topological polar surface area (TPSA) is 81.4 Å². The van der Waals surface area contributed by atoms with Crippen molar-refractivity contribution in [3.63, 3.8) is 0 Å². The highest BCUT2D eigenvalue weighted by atomic mass is 19.1. The minimum Gasteiger partial charge on any atom is -0.484 e. The van der Waals surface area contributed by atoms with Crippen molar-refractivity contribution in [2.24, 2.45) is 5.73 Å². The highest BCUT2D eigenvalue weighted by molar-refractivity contribution is 5.94. The molecule has 0 saturated carbocycles. The summed E-state index contributed by atoms with van der Waals surface area (Å²) in [6.45, 7) is 0.196. The third kappa shape index (κ3) is 5.43. The van der Waals surface area contributed by atoms with E-state index in [1.807, 2.05) is 0 Å². The number of rotatable bonds is 7. The maximum Gasteiger partial charge on any atom is 0.255 e. The van der Waals surface area contributed by atoms with Crippen LogP contribution in [0.5, 0.6) is 5.75 Å². The zero-order valence-corrected chi connectivity index (χ0v) is 12.4. The van der Waals surface area contributed by atoms with E-state index < -0.39 is 5.91 Å². The Morgan fingerprint density at radius 2 is 1.87 bits per heavy atom. The molecule has 0 aliphatic carbocycles. The first-order chi connectivity index (χ1) is 11.0. The van der Waals surface area contributed by atoms with Gasteiger partial charge in [0.05, 0.1) is 0 Å². The Hall–Kier alpha value is -2.89. The second-order valence-corrected chi connectivity index (χ2v) is 4.92. The predicted octanol–water partition coefficient (Wildman–Crippen LogP) is 1.66. The number of primary amides is 1. The molecule has 0 heterocycles. The van der Waals surface area contributed by atoms with Crippen LogP contribution in [-0.2, 0) is 11.2 Å². The Kier molecular flexibility index (Phi) is 5.68. The molecular weight excluding hydrogens is 299 g/mol. The van der Waals surface area contributed by atoms with Gasteiger partial charge in [0, 0.05) is 12.1 Å². The summed E-state index contributed by atoms with van der Waals surface area (Å²) in [6, 6.07) is 12.6. The van der Waals surface area contributed by atoms with Gasteiger partial charge in [-0.3, -0.25) is 9.59 Å². The van der Waals surface area contributed by atoms with Gasteiger partial charge in [-0.15, -0.1) is 0 Å². The second kappa shape index (κ2) is 7.93. The third-order valence-corrected chi connectivity index (χ3v) is 3.09. The van der Waals surface area contributed by atoms with Crippen molar-refractivity contribution in [1.29, 1.82) is 0 Å². The minimum absolute atomic E-state index is 0.209. The van der Waals surface area contributed by atoms with Gasteiger partial charge >= 0.3 is 0 Å². The van der Waals surface area contributed by atoms with Gasteiger partial charge in [0.2, 0.25) is 0 Å². The lowest BCUT2D eigenvalue weighted by molar-refractivity contribution is -0.119. The van der Waals surface area contributed by atoms with Crippen molar-refractivity contribution in [3.05, 3.63) is 65.5 Å². The molecule has 2 rings (SSSR count). The number of ether oxygens (including phenoxy) is 1. The van der Waals surface area contributed by atoms with Gasteiger partial charge in [0.1, 0.15) is 11.6 Å². The number of carbonyl (C=O) groups excluding carboxylic acids is 2. The monoisotopic (exact) mass is 316 g/mol. The number of amides is 2. The molecule has 2 aromatic rings. The van der Waals surface area contributed by atoms with Crippen LogP contribution in [0.4, 0.5) is 4.39 Å². The quantitative estimate of drug-likeness (QED) is 0.815. The summed E-state index contributed by atoms with van der Waals surface area (Å²) in [4.78, 5) is 22.6. The highest BCUT2D eigenvalue weighted by Gasteiger charge is 2.06. The van der Waals surface area contributed by atoms with Crippen LogP contribution in [0.1, 0.15) is 15.9 Å². The van der Waals surface area contributed by atoms with Crippen molar-refractivity contribution >= 4 is 11.8 Å². The molecule has 0 unspecified atom stereocenters. The first kappa shape index (κ1) is 16.5. The average molecular weight is 316 g/mol. The Morgan fingerprint density at radius 3 is 2.52 bits per heavy atom. The number of hydrogen-bond donors (Lipinski definition) is 2. The van der Waals surface area contributed by atoms with Gasteiger partial charge in [0.25, 0.3) is 11.8 Å². The summed E-state index contributed by atoms with van der Waals surface area (Å²) < 4.78 is 18.2. The van der Waals surface area contributed by atoms with Crippen molar-refractivity contribution in [2.75, 3.05) is 13.2 Å². The van der Waals surface area contributed by atoms with E-state index in [0.717, 1.165) is 5.56 Å². The molecule has 0 aliphatic heterocycles. The summed E-state index contributed by atoms with van der Waals surface area (Å²) >= 11 is 0. The minimum atomic E-state index is -0.566. The normalized spacial score (nSPS) is 10.1. The second-order valence-electron chi connectivity index (χ2n) is 4.92. The van der Waals surface area contributed by atoms with E-state index in [0.29, 0.717) is 24.3 Å². The summed E-state index contributed by atoms with van der Waals surface area (Å²) in [5.74, 6) is -0.632. The molecule has 5 nitrogen and oxygen atoms in total. The van der Waals surface area contributed by atoms with Gasteiger partial charge in [-0.25, -0.2) is 4.39 Å². The molecule has 0 saturated heterocycles. The van der Waals surface area contributed by atoms with Gasteiger partial charge in [0.15, 0.2) is 6.61 Å². The fraction of sp³-hybridized carbons (Fsp3) is 0.176. The van der Waals surface area contributed by atoms with Crippen LogP contribution in [0.2, 0.25) is 0 Å². The lowest BCUT2D eigenvalue weighted by atomic mass is 10.1. The Bertz CT molecular complexity index is 686. The van der Waals surface area contributed by atoms with E-state index in [-0.39, 0.29) is 18.3 Å². The Morgan fingerprint density at radius 1 is 1.13 bits per heavy atom. The van der Waals surface area contributed by atoms with Gasteiger partial charge < -0.3 is 15.8 Å². The van der Waals surface area contributed by atoms with E-state index in [4.69, 9.17) is 10.5 Å². The molecule has 0 fully saturated rings. The molecule has 0 bridgehead atoms. The van der Waals surface area contributed by atoms with Gasteiger partial charge in [-0.2, -0.15) is 0 Å². The van der Waals surface area contributed by atoms with Crippen molar-refractivity contribution < 1.29 is 18.7 Å². The lowest BCUT2D eigenvalue weighted by Crippen LogP contribution is -2.25. The molecule has 0 aliphatic rings. The maximum atomic E-state index is 13.0. The van der Waals surface area contributed by atoms with Crippen LogP contribution in [-0.4, -0.2) is 25.0 Å². The van der Waals surface area contributed by atoms with Crippen LogP contribution < -0.4 is 15.8 Å². The van der Waals surface area contributed by atoms with Crippen LogP contribution in [0, 0.1) is 5.82 Å². The molecule has 3 N–H and O–H groups in total. The van der Waals surface area contributed by atoms with Crippen LogP contribution in [0.15, 0.2) is 48.5 Å². The summed E-state index contributed by atoms with van der Waals surface area (Å²) in [5.41, 5.74) is 6.27. The van der Waals surface area contributed by atoms with Gasteiger partial charge in [-0.1, -0.05) is 12.1 Å². The Balaban J connectivity index is 1.82. The highest BCUT2D eigenvalue weighted by Crippen LogP contribution is 2.12. The number of carbonyl (C=O) groups is 2. The standard InChI is InChI=1S/C17H17FN2O3/c18-14-3-1-2-12(10-14)8-9-20-17(22)13-4-6-15(7-5-13)23-11-16(19)21/h1-7,10H,8-9,11H2,(H2,19,21)(H,20,22). The summed E-state index contributed by atoms with van der Waals surface area (Å²) in [5, 5.41) is 2.76. The van der Waals surface area contributed by atoms with E-state index in [9.17, 15) is 14.0 Å². The van der Waals surface area contributed by atoms with E-state index in [2.05, 4.69) is 5.32 Å². The zero-order valence-electron chi connectivity index (χ0n) is 12.4. The van der Waals surface area contributed by atoms with E-state index in [1.165, 1.54) is 12.1 Å². The lowest BCUT2D eigenvalue weighted by Gasteiger charge is -2.07. The van der Waals surface area contributed by atoms with E-state index >= 15 is 0 Å². The molecule has 23 heavy (non-hydrogen) atoms. The predicted molar refractivity (Wildman–Crippen MR) is 83.6 cm³/mol. The van der Waals surface area contributed by atoms with Crippen molar-refractivity contribution in [3.8, 4) is 5.75 Å². The first-order valence-corrected chi connectivity index (χ1v) is 7.08. The third-order valence-electron chi connectivity index (χ3n) is 3.09. The number of nitrogens with two attached hydrogens (primary N) is 1. The number of nitrogens with one attached hydrogen (secondary N) is 1. The molecule has 0 spiro atoms. The Labute approximate surface area is 133 Å². The molecular formula is C17H17FN2O3. The fourth-order valence-electron chi connectivity index (χ4n) is 1.97. The van der Waals surface area contributed by atoms with Crippen LogP contribution in [0.25, 0.3) is 0 Å². The SMILES string of the molecule is NC(=O)COc1ccc(C(=O)NCCc2cccc(F)c2)cc1. The number of halogens is 1. The van der Waals surface area contributed by atoms with Crippen molar-refractivity contribution in [1.82, 2.24) is 5.32 Å². The molecule has 120 valence electrons. The molecule has 6 heteroatoms. The van der Waals surface area contributed by atoms with Crippen LogP contribution >= 0.6 is 0 Å². The van der Waals surface area contributed by atoms with Crippen molar-refractivity contribution in [2.45, 2.75) is 6.42 Å². The molecule has 2 aromatic carbocycles.